The van der Waals surface area contributed by atoms with Crippen molar-refractivity contribution in [3.8, 4) is 0 Å². The number of hydrogen-bond donors (Lipinski definition) is 2. The molecule has 2 aromatic rings. The van der Waals surface area contributed by atoms with E-state index in [0.717, 1.165) is 28.2 Å². The highest BCUT2D eigenvalue weighted by atomic mass is 79.9. The standard InChI is InChI=1S/C15H13BrF2N2O/c1-9(11-4-2-3-5-12(11)16)19-15(21)20-14-8-10(17)6-7-13(14)18/h2-9H,1H3,(H2,19,20,21)/t9-/m1/s1. The second-order valence-electron chi connectivity index (χ2n) is 4.47. The first-order chi connectivity index (χ1) is 9.97. The summed E-state index contributed by atoms with van der Waals surface area (Å²) in [5.41, 5.74) is 0.680. The van der Waals surface area contributed by atoms with Crippen molar-refractivity contribution in [1.29, 1.82) is 0 Å². The lowest BCUT2D eigenvalue weighted by molar-refractivity contribution is 0.249. The molecule has 0 fully saturated rings. The number of hydrogen-bond acceptors (Lipinski definition) is 1. The van der Waals surface area contributed by atoms with Gasteiger partial charge in [-0.1, -0.05) is 34.1 Å². The van der Waals surface area contributed by atoms with Gasteiger partial charge in [0.1, 0.15) is 11.6 Å². The Bertz CT molecular complexity index is 664. The van der Waals surface area contributed by atoms with E-state index < -0.39 is 17.7 Å². The number of benzene rings is 2. The molecule has 2 rings (SSSR count). The third-order valence-corrected chi connectivity index (χ3v) is 3.62. The molecule has 21 heavy (non-hydrogen) atoms. The summed E-state index contributed by atoms with van der Waals surface area (Å²) in [5.74, 6) is -1.31. The quantitative estimate of drug-likeness (QED) is 0.830. The van der Waals surface area contributed by atoms with Crippen LogP contribution in [0.1, 0.15) is 18.5 Å². The van der Waals surface area contributed by atoms with Gasteiger partial charge in [0.15, 0.2) is 0 Å². The van der Waals surface area contributed by atoms with Crippen LogP contribution >= 0.6 is 15.9 Å². The van der Waals surface area contributed by atoms with Gasteiger partial charge in [-0.05, 0) is 30.7 Å². The van der Waals surface area contributed by atoms with Gasteiger partial charge in [-0.15, -0.1) is 0 Å². The molecule has 110 valence electrons. The van der Waals surface area contributed by atoms with Gasteiger partial charge < -0.3 is 10.6 Å². The molecule has 0 spiro atoms. The zero-order valence-corrected chi connectivity index (χ0v) is 12.7. The summed E-state index contributed by atoms with van der Waals surface area (Å²) in [6, 6.07) is 9.41. The summed E-state index contributed by atoms with van der Waals surface area (Å²) in [6.07, 6.45) is 0. The third-order valence-electron chi connectivity index (χ3n) is 2.90. The second kappa shape index (κ2) is 6.67. The van der Waals surface area contributed by atoms with Crippen molar-refractivity contribution in [2.24, 2.45) is 0 Å². The number of rotatable bonds is 3. The fourth-order valence-electron chi connectivity index (χ4n) is 1.85. The molecule has 0 aromatic heterocycles. The van der Waals surface area contributed by atoms with Crippen LogP contribution in [0.2, 0.25) is 0 Å². The van der Waals surface area contributed by atoms with Crippen LogP contribution in [-0.4, -0.2) is 6.03 Å². The first kappa shape index (κ1) is 15.4. The van der Waals surface area contributed by atoms with Crippen molar-refractivity contribution >= 4 is 27.6 Å². The molecule has 0 aliphatic carbocycles. The van der Waals surface area contributed by atoms with Crippen LogP contribution < -0.4 is 10.6 Å². The van der Waals surface area contributed by atoms with Gasteiger partial charge >= 0.3 is 6.03 Å². The predicted molar refractivity (Wildman–Crippen MR) is 81.1 cm³/mol. The van der Waals surface area contributed by atoms with Gasteiger partial charge in [0.2, 0.25) is 0 Å². The molecule has 2 amide bonds. The average molecular weight is 355 g/mol. The largest absolute Gasteiger partial charge is 0.331 e. The summed E-state index contributed by atoms with van der Waals surface area (Å²) >= 11 is 3.39. The maximum Gasteiger partial charge on any atom is 0.319 e. The number of anilines is 1. The van der Waals surface area contributed by atoms with Crippen LogP contribution in [0.5, 0.6) is 0 Å². The molecule has 2 N–H and O–H groups in total. The monoisotopic (exact) mass is 354 g/mol. The van der Waals surface area contributed by atoms with Gasteiger partial charge in [-0.2, -0.15) is 0 Å². The van der Waals surface area contributed by atoms with Crippen molar-refractivity contribution in [3.63, 3.8) is 0 Å². The second-order valence-corrected chi connectivity index (χ2v) is 5.32. The van der Waals surface area contributed by atoms with E-state index in [2.05, 4.69) is 26.6 Å². The van der Waals surface area contributed by atoms with E-state index in [0.29, 0.717) is 0 Å². The summed E-state index contributed by atoms with van der Waals surface area (Å²) < 4.78 is 27.3. The Morgan fingerprint density at radius 1 is 1.19 bits per heavy atom. The Morgan fingerprint density at radius 2 is 1.90 bits per heavy atom. The molecule has 0 unspecified atom stereocenters. The number of amides is 2. The van der Waals surface area contributed by atoms with Crippen LogP contribution in [-0.2, 0) is 0 Å². The van der Waals surface area contributed by atoms with Gasteiger partial charge in [0, 0.05) is 10.5 Å². The van der Waals surface area contributed by atoms with E-state index in [9.17, 15) is 13.6 Å². The van der Waals surface area contributed by atoms with Crippen LogP contribution in [0.25, 0.3) is 0 Å². The fourth-order valence-corrected chi connectivity index (χ4v) is 2.48. The van der Waals surface area contributed by atoms with Crippen LogP contribution in [0.15, 0.2) is 46.9 Å². The molecule has 0 bridgehead atoms. The molecule has 1 atom stereocenters. The smallest absolute Gasteiger partial charge is 0.319 e. The van der Waals surface area contributed by atoms with E-state index in [1.54, 1.807) is 6.92 Å². The third kappa shape index (κ3) is 4.01. The Hall–Kier alpha value is -1.95. The summed E-state index contributed by atoms with van der Waals surface area (Å²) in [4.78, 5) is 11.8. The SMILES string of the molecule is C[C@@H](NC(=O)Nc1cc(F)ccc1F)c1ccccc1Br. The number of halogens is 3. The van der Waals surface area contributed by atoms with E-state index in [1.165, 1.54) is 0 Å². The molecule has 3 nitrogen and oxygen atoms in total. The van der Waals surface area contributed by atoms with Crippen molar-refractivity contribution in [2.45, 2.75) is 13.0 Å². The number of carbonyl (C=O) groups is 1. The molecule has 2 aromatic carbocycles. The Morgan fingerprint density at radius 3 is 2.62 bits per heavy atom. The Balaban J connectivity index is 2.05. The van der Waals surface area contributed by atoms with Crippen LogP contribution in [0.3, 0.4) is 0 Å². The highest BCUT2D eigenvalue weighted by Crippen LogP contribution is 2.23. The van der Waals surface area contributed by atoms with Gasteiger partial charge in [0.25, 0.3) is 0 Å². The minimum Gasteiger partial charge on any atom is -0.331 e. The molecule has 0 aliphatic rings. The van der Waals surface area contributed by atoms with Crippen LogP contribution in [0.4, 0.5) is 19.3 Å². The average Bonchev–Trinajstić information content (AvgIpc) is 2.43. The lowest BCUT2D eigenvalue weighted by atomic mass is 10.1. The molecule has 0 aliphatic heterocycles. The van der Waals surface area contributed by atoms with E-state index in [-0.39, 0.29) is 11.7 Å². The summed E-state index contributed by atoms with van der Waals surface area (Å²) in [7, 11) is 0. The molecule has 0 radical (unpaired) electrons. The van der Waals surface area contributed by atoms with Gasteiger partial charge in [-0.25, -0.2) is 13.6 Å². The summed E-state index contributed by atoms with van der Waals surface area (Å²) in [5, 5.41) is 4.95. The fraction of sp³-hybridized carbons (Fsp3) is 0.133. The van der Waals surface area contributed by atoms with Crippen molar-refractivity contribution in [3.05, 3.63) is 64.1 Å². The first-order valence-electron chi connectivity index (χ1n) is 6.24. The predicted octanol–water partition coefficient (Wildman–Crippen LogP) is 4.61. The Kier molecular flexibility index (Phi) is 4.90. The van der Waals surface area contributed by atoms with Crippen molar-refractivity contribution < 1.29 is 13.6 Å². The van der Waals surface area contributed by atoms with Gasteiger partial charge in [-0.3, -0.25) is 0 Å². The molecular formula is C15H13BrF2N2O. The number of nitrogens with one attached hydrogen (secondary N) is 2. The number of carbonyl (C=O) groups excluding carboxylic acids is 1. The highest BCUT2D eigenvalue weighted by molar-refractivity contribution is 9.10. The lowest BCUT2D eigenvalue weighted by Crippen LogP contribution is -2.31. The minimum atomic E-state index is -0.694. The van der Waals surface area contributed by atoms with E-state index in [4.69, 9.17) is 0 Å². The highest BCUT2D eigenvalue weighted by Gasteiger charge is 2.13. The van der Waals surface area contributed by atoms with Gasteiger partial charge in [0.05, 0.1) is 11.7 Å². The normalized spacial score (nSPS) is 11.8. The topological polar surface area (TPSA) is 41.1 Å². The Labute approximate surface area is 129 Å². The zero-order valence-electron chi connectivity index (χ0n) is 11.2. The number of urea groups is 1. The molecular weight excluding hydrogens is 342 g/mol. The zero-order chi connectivity index (χ0) is 15.4. The van der Waals surface area contributed by atoms with Crippen molar-refractivity contribution in [1.82, 2.24) is 5.32 Å². The van der Waals surface area contributed by atoms with Crippen LogP contribution in [0, 0.1) is 11.6 Å². The first-order valence-corrected chi connectivity index (χ1v) is 7.03. The molecule has 0 heterocycles. The van der Waals surface area contributed by atoms with Crippen molar-refractivity contribution in [2.75, 3.05) is 5.32 Å². The maximum absolute atomic E-state index is 13.4. The molecule has 0 saturated carbocycles. The molecule has 6 heteroatoms. The minimum absolute atomic E-state index is 0.202. The lowest BCUT2D eigenvalue weighted by Gasteiger charge is -2.16. The maximum atomic E-state index is 13.4. The summed E-state index contributed by atoms with van der Waals surface area (Å²) in [6.45, 7) is 1.79. The van der Waals surface area contributed by atoms with E-state index in [1.807, 2.05) is 24.3 Å². The molecule has 0 saturated heterocycles. The van der Waals surface area contributed by atoms with E-state index >= 15 is 0 Å².